The van der Waals surface area contributed by atoms with E-state index in [1.54, 1.807) is 12.1 Å². The zero-order chi connectivity index (χ0) is 23.4. The Morgan fingerprint density at radius 1 is 1.27 bits per heavy atom. The topological polar surface area (TPSA) is 72.4 Å². The molecule has 0 aliphatic carbocycles. The number of rotatable bonds is 9. The molecule has 174 valence electrons. The highest BCUT2D eigenvalue weighted by atomic mass is 19.1. The van der Waals surface area contributed by atoms with Gasteiger partial charge in [0.2, 0.25) is 11.8 Å². The third kappa shape index (κ3) is 5.35. The van der Waals surface area contributed by atoms with E-state index < -0.39 is 5.54 Å². The van der Waals surface area contributed by atoms with Crippen molar-refractivity contribution < 1.29 is 18.7 Å². The molecule has 2 atom stereocenters. The van der Waals surface area contributed by atoms with Crippen LogP contribution in [-0.2, 0) is 22.6 Å². The molecule has 0 saturated carbocycles. The molecule has 1 aliphatic heterocycles. The lowest BCUT2D eigenvalue weighted by Crippen LogP contribution is -2.45. The van der Waals surface area contributed by atoms with Crippen LogP contribution in [0.3, 0.4) is 0 Å². The zero-order valence-corrected chi connectivity index (χ0v) is 19.1. The van der Waals surface area contributed by atoms with Gasteiger partial charge in [-0.3, -0.25) is 9.59 Å². The zero-order valence-electron chi connectivity index (χ0n) is 19.1. The predicted octanol–water partition coefficient (Wildman–Crippen LogP) is 3.97. The Hall–Kier alpha value is -3.35. The van der Waals surface area contributed by atoms with Crippen molar-refractivity contribution >= 4 is 22.7 Å². The maximum absolute atomic E-state index is 14.5. The van der Waals surface area contributed by atoms with Crippen LogP contribution in [-0.4, -0.2) is 35.1 Å². The molecule has 0 radical (unpaired) electrons. The average Bonchev–Trinajstić information content (AvgIpc) is 3.37. The van der Waals surface area contributed by atoms with Crippen molar-refractivity contribution in [3.63, 3.8) is 0 Å². The number of ether oxygens (including phenoxy) is 1. The van der Waals surface area contributed by atoms with Crippen molar-refractivity contribution in [2.45, 2.75) is 57.2 Å². The third-order valence-electron chi connectivity index (χ3n) is 6.41. The number of hydrogen-bond acceptors (Lipinski definition) is 3. The minimum Gasteiger partial charge on any atom is -0.497 e. The van der Waals surface area contributed by atoms with Crippen molar-refractivity contribution in [1.29, 1.82) is 0 Å². The summed E-state index contributed by atoms with van der Waals surface area (Å²) in [5.74, 6) is -0.0524. The molecule has 1 aliphatic rings. The Morgan fingerprint density at radius 2 is 2.09 bits per heavy atom. The van der Waals surface area contributed by atoms with Gasteiger partial charge in [-0.15, -0.1) is 0 Å². The summed E-state index contributed by atoms with van der Waals surface area (Å²) in [6.45, 7) is 2.64. The van der Waals surface area contributed by atoms with Gasteiger partial charge in [-0.1, -0.05) is 24.3 Å². The van der Waals surface area contributed by atoms with E-state index in [0.717, 1.165) is 5.52 Å². The smallest absolute Gasteiger partial charge is 0.220 e. The van der Waals surface area contributed by atoms with Crippen LogP contribution in [0.25, 0.3) is 10.9 Å². The molecule has 1 aromatic heterocycles. The summed E-state index contributed by atoms with van der Waals surface area (Å²) in [5.41, 5.74) is 1.02. The second-order valence-corrected chi connectivity index (χ2v) is 8.96. The van der Waals surface area contributed by atoms with Crippen LogP contribution >= 0.6 is 0 Å². The fourth-order valence-corrected chi connectivity index (χ4v) is 4.69. The van der Waals surface area contributed by atoms with Gasteiger partial charge in [0.25, 0.3) is 0 Å². The molecule has 2 amide bonds. The number of fused-ring (bicyclic) bond motifs is 1. The van der Waals surface area contributed by atoms with Crippen LogP contribution < -0.4 is 15.4 Å². The lowest BCUT2D eigenvalue weighted by molar-refractivity contribution is -0.123. The quantitative estimate of drug-likeness (QED) is 0.517. The number of nitrogens with one attached hydrogen (secondary N) is 2. The number of amides is 2. The van der Waals surface area contributed by atoms with Crippen molar-refractivity contribution in [1.82, 2.24) is 15.2 Å². The summed E-state index contributed by atoms with van der Waals surface area (Å²) in [6.07, 6.45) is 4.04. The fourth-order valence-electron chi connectivity index (χ4n) is 4.69. The van der Waals surface area contributed by atoms with Crippen LogP contribution in [0.15, 0.2) is 54.7 Å². The summed E-state index contributed by atoms with van der Waals surface area (Å²) in [5, 5.41) is 7.25. The molecule has 2 heterocycles. The van der Waals surface area contributed by atoms with Gasteiger partial charge in [0, 0.05) is 48.7 Å². The summed E-state index contributed by atoms with van der Waals surface area (Å²) >= 11 is 0. The number of carbonyl (C=O) groups excluding carboxylic acids is 2. The standard InChI is InChI=1S/C26H30FN3O3/c1-18(17-30-14-11-19-5-3-4-6-23(19)30)28-24(31)9-12-26(13-10-25(32)29-26)16-20-7-8-21(33-2)15-22(20)27/h3-8,11,14-15,18H,9-10,12-13,16-17H2,1-2H3,(H,28,31)(H,29,32)/t18-,26-/m1/s1. The number of aromatic nitrogens is 1. The highest BCUT2D eigenvalue weighted by molar-refractivity contribution is 5.81. The summed E-state index contributed by atoms with van der Waals surface area (Å²) in [4.78, 5) is 24.7. The summed E-state index contributed by atoms with van der Waals surface area (Å²) in [7, 11) is 1.49. The van der Waals surface area contributed by atoms with Gasteiger partial charge in [0.1, 0.15) is 11.6 Å². The van der Waals surface area contributed by atoms with Crippen LogP contribution in [0.1, 0.15) is 38.2 Å². The normalized spacial score (nSPS) is 18.8. The molecule has 6 nitrogen and oxygen atoms in total. The van der Waals surface area contributed by atoms with E-state index in [4.69, 9.17) is 4.74 Å². The van der Waals surface area contributed by atoms with Gasteiger partial charge < -0.3 is 19.9 Å². The highest BCUT2D eigenvalue weighted by Gasteiger charge is 2.38. The van der Waals surface area contributed by atoms with Gasteiger partial charge in [0.15, 0.2) is 0 Å². The van der Waals surface area contributed by atoms with Gasteiger partial charge >= 0.3 is 0 Å². The largest absolute Gasteiger partial charge is 0.497 e. The Balaban J connectivity index is 1.36. The Bertz CT molecular complexity index is 1160. The lowest BCUT2D eigenvalue weighted by atomic mass is 9.84. The van der Waals surface area contributed by atoms with E-state index in [0.29, 0.717) is 43.5 Å². The van der Waals surface area contributed by atoms with E-state index in [9.17, 15) is 14.0 Å². The molecule has 7 heteroatoms. The maximum atomic E-state index is 14.5. The van der Waals surface area contributed by atoms with Gasteiger partial charge in [-0.2, -0.15) is 0 Å². The summed E-state index contributed by atoms with van der Waals surface area (Å²) in [6, 6.07) is 14.9. The van der Waals surface area contributed by atoms with Crippen LogP contribution in [0.2, 0.25) is 0 Å². The second kappa shape index (κ2) is 9.65. The molecular weight excluding hydrogens is 421 g/mol. The van der Waals surface area contributed by atoms with E-state index in [-0.39, 0.29) is 30.1 Å². The fraction of sp³-hybridized carbons (Fsp3) is 0.385. The monoisotopic (exact) mass is 451 g/mol. The number of para-hydroxylation sites is 1. The Kier molecular flexibility index (Phi) is 6.67. The van der Waals surface area contributed by atoms with E-state index in [1.807, 2.05) is 25.3 Å². The number of methoxy groups -OCH3 is 1. The minimum atomic E-state index is -0.621. The first-order chi connectivity index (χ1) is 15.9. The molecule has 0 unspecified atom stereocenters. The number of carbonyl (C=O) groups is 2. The third-order valence-corrected chi connectivity index (χ3v) is 6.41. The molecule has 2 N–H and O–H groups in total. The molecule has 4 rings (SSSR count). The first-order valence-electron chi connectivity index (χ1n) is 11.3. The first kappa shape index (κ1) is 22.8. The molecular formula is C26H30FN3O3. The van der Waals surface area contributed by atoms with E-state index in [1.165, 1.54) is 18.6 Å². The maximum Gasteiger partial charge on any atom is 0.220 e. The van der Waals surface area contributed by atoms with Gasteiger partial charge in [-0.05, 0) is 55.3 Å². The molecule has 0 spiro atoms. The van der Waals surface area contributed by atoms with Gasteiger partial charge in [-0.25, -0.2) is 4.39 Å². The second-order valence-electron chi connectivity index (χ2n) is 8.96. The first-order valence-corrected chi connectivity index (χ1v) is 11.3. The molecule has 33 heavy (non-hydrogen) atoms. The van der Waals surface area contributed by atoms with Crippen molar-refractivity contribution in [3.05, 3.63) is 66.1 Å². The van der Waals surface area contributed by atoms with E-state index in [2.05, 4.69) is 33.4 Å². The van der Waals surface area contributed by atoms with Crippen molar-refractivity contribution in [2.75, 3.05) is 7.11 Å². The number of halogens is 1. The minimum absolute atomic E-state index is 0.0542. The number of nitrogens with zero attached hydrogens (tertiary/aromatic N) is 1. The van der Waals surface area contributed by atoms with Crippen molar-refractivity contribution in [3.8, 4) is 5.75 Å². The number of hydrogen-bond donors (Lipinski definition) is 2. The summed E-state index contributed by atoms with van der Waals surface area (Å²) < 4.78 is 21.8. The van der Waals surface area contributed by atoms with Crippen LogP contribution in [0, 0.1) is 5.82 Å². The lowest BCUT2D eigenvalue weighted by Gasteiger charge is -2.30. The van der Waals surface area contributed by atoms with Gasteiger partial charge in [0.05, 0.1) is 7.11 Å². The Labute approximate surface area is 193 Å². The predicted molar refractivity (Wildman–Crippen MR) is 126 cm³/mol. The molecule has 1 fully saturated rings. The van der Waals surface area contributed by atoms with Crippen LogP contribution in [0.5, 0.6) is 5.75 Å². The molecule has 3 aromatic rings. The highest BCUT2D eigenvalue weighted by Crippen LogP contribution is 2.31. The van der Waals surface area contributed by atoms with E-state index >= 15 is 0 Å². The SMILES string of the molecule is COc1ccc(C[C@@]2(CCC(=O)N[C@H](C)Cn3ccc4ccccc43)CCC(=O)N2)c(F)c1. The molecule has 0 bridgehead atoms. The average molecular weight is 452 g/mol. The molecule has 2 aromatic carbocycles. The Morgan fingerprint density at radius 3 is 2.82 bits per heavy atom. The van der Waals surface area contributed by atoms with Crippen LogP contribution in [0.4, 0.5) is 4.39 Å². The number of benzene rings is 2. The van der Waals surface area contributed by atoms with Crippen molar-refractivity contribution in [2.24, 2.45) is 0 Å². The molecule has 1 saturated heterocycles.